The predicted molar refractivity (Wildman–Crippen MR) is 142 cm³/mol. The highest BCUT2D eigenvalue weighted by Gasteiger charge is 2.28. The molecule has 1 aromatic carbocycles. The molecule has 1 amide bonds. The molecule has 0 bridgehead atoms. The van der Waals surface area contributed by atoms with Gasteiger partial charge in [-0.15, -0.1) is 0 Å². The first kappa shape index (κ1) is 24.9. The number of nitrogens with one attached hydrogen (secondary N) is 1. The molecule has 1 aliphatic rings. The standard InChI is InChI=1S/C29H37N5O/c1-19(29(3,4)5)17-34-12-10-22(11-13-34)24-18-33(6)27-26(24)20(2)25(16-31-27)32-28(35)23-9-7-8-21(14-23)15-30/h7-9,14,16,18-19,22H,10-13,17H2,1-6H3,(H,32,35)/t19-/m0/s1. The number of anilines is 1. The zero-order chi connectivity index (χ0) is 25.3. The highest BCUT2D eigenvalue weighted by Crippen LogP contribution is 2.37. The Morgan fingerprint density at radius 1 is 1.29 bits per heavy atom. The summed E-state index contributed by atoms with van der Waals surface area (Å²) in [5, 5.41) is 13.3. The van der Waals surface area contributed by atoms with Crippen LogP contribution >= 0.6 is 0 Å². The van der Waals surface area contributed by atoms with E-state index in [0.29, 0.717) is 34.1 Å². The van der Waals surface area contributed by atoms with Gasteiger partial charge in [0.2, 0.25) is 0 Å². The number of amides is 1. The first-order valence-corrected chi connectivity index (χ1v) is 12.6. The summed E-state index contributed by atoms with van der Waals surface area (Å²) in [5.74, 6) is 0.909. The van der Waals surface area contributed by atoms with E-state index < -0.39 is 0 Å². The van der Waals surface area contributed by atoms with Crippen LogP contribution in [-0.2, 0) is 7.05 Å². The Morgan fingerprint density at radius 3 is 2.66 bits per heavy atom. The SMILES string of the molecule is Cc1c(NC(=O)c2cccc(C#N)c2)cnc2c1c(C1CCN(C[C@H](C)C(C)(C)C)CC1)cn2C. The maximum atomic E-state index is 12.9. The van der Waals surface area contributed by atoms with Crippen molar-refractivity contribution in [2.45, 2.75) is 53.4 Å². The minimum atomic E-state index is -0.231. The van der Waals surface area contributed by atoms with Crippen molar-refractivity contribution < 1.29 is 4.79 Å². The number of piperidine rings is 1. The van der Waals surface area contributed by atoms with E-state index in [1.165, 1.54) is 5.56 Å². The second-order valence-corrected chi connectivity index (χ2v) is 11.2. The molecule has 0 spiro atoms. The Balaban J connectivity index is 1.55. The number of carbonyl (C=O) groups is 1. The van der Waals surface area contributed by atoms with Gasteiger partial charge >= 0.3 is 0 Å². The molecule has 1 saturated heterocycles. The lowest BCUT2D eigenvalue weighted by molar-refractivity contribution is 0.102. The molecule has 0 saturated carbocycles. The molecular formula is C29H37N5O. The molecule has 1 N–H and O–H groups in total. The van der Waals surface area contributed by atoms with Crippen molar-refractivity contribution in [1.29, 1.82) is 5.26 Å². The Labute approximate surface area is 209 Å². The minimum absolute atomic E-state index is 0.231. The summed E-state index contributed by atoms with van der Waals surface area (Å²) < 4.78 is 2.10. The van der Waals surface area contributed by atoms with Crippen LogP contribution in [0.25, 0.3) is 11.0 Å². The first-order chi connectivity index (χ1) is 16.6. The number of likely N-dealkylation sites (tertiary alicyclic amines) is 1. The van der Waals surface area contributed by atoms with Crippen LogP contribution in [0, 0.1) is 29.6 Å². The van der Waals surface area contributed by atoms with Gasteiger partial charge in [-0.2, -0.15) is 5.26 Å². The Kier molecular flexibility index (Phi) is 7.00. The second kappa shape index (κ2) is 9.83. The van der Waals surface area contributed by atoms with E-state index in [-0.39, 0.29) is 5.91 Å². The van der Waals surface area contributed by atoms with Crippen LogP contribution < -0.4 is 5.32 Å². The van der Waals surface area contributed by atoms with E-state index in [2.05, 4.69) is 61.7 Å². The lowest BCUT2D eigenvalue weighted by Gasteiger charge is -2.37. The second-order valence-electron chi connectivity index (χ2n) is 11.2. The van der Waals surface area contributed by atoms with Gasteiger partial charge in [-0.25, -0.2) is 4.98 Å². The van der Waals surface area contributed by atoms with E-state index in [1.807, 2.05) is 7.05 Å². The molecule has 1 aliphatic heterocycles. The van der Waals surface area contributed by atoms with Crippen LogP contribution in [0.15, 0.2) is 36.7 Å². The lowest BCUT2D eigenvalue weighted by atomic mass is 9.81. The molecule has 3 heterocycles. The van der Waals surface area contributed by atoms with Crippen molar-refractivity contribution in [3.8, 4) is 6.07 Å². The van der Waals surface area contributed by atoms with Gasteiger partial charge in [0.15, 0.2) is 0 Å². The van der Waals surface area contributed by atoms with Crippen molar-refractivity contribution >= 4 is 22.6 Å². The van der Waals surface area contributed by atoms with Gasteiger partial charge < -0.3 is 14.8 Å². The number of pyridine rings is 1. The van der Waals surface area contributed by atoms with Crippen LogP contribution in [0.3, 0.4) is 0 Å². The molecule has 1 fully saturated rings. The fourth-order valence-electron chi connectivity index (χ4n) is 4.98. The molecule has 35 heavy (non-hydrogen) atoms. The average molecular weight is 472 g/mol. The fraction of sp³-hybridized carbons (Fsp3) is 0.483. The molecule has 0 aliphatic carbocycles. The van der Waals surface area contributed by atoms with E-state index in [9.17, 15) is 4.79 Å². The van der Waals surface area contributed by atoms with Gasteiger partial charge in [0.25, 0.3) is 5.91 Å². The highest BCUT2D eigenvalue weighted by atomic mass is 16.1. The maximum absolute atomic E-state index is 12.9. The fourth-order valence-corrected chi connectivity index (χ4v) is 4.98. The highest BCUT2D eigenvalue weighted by molar-refractivity contribution is 6.06. The van der Waals surface area contributed by atoms with Crippen LogP contribution in [-0.4, -0.2) is 40.0 Å². The summed E-state index contributed by atoms with van der Waals surface area (Å²) in [4.78, 5) is 20.2. The lowest BCUT2D eigenvalue weighted by Crippen LogP contribution is -2.39. The monoisotopic (exact) mass is 471 g/mol. The number of hydrogen-bond acceptors (Lipinski definition) is 4. The largest absolute Gasteiger partial charge is 0.335 e. The number of aromatic nitrogens is 2. The Hall–Kier alpha value is -3.17. The molecule has 2 aromatic heterocycles. The summed E-state index contributed by atoms with van der Waals surface area (Å²) >= 11 is 0. The summed E-state index contributed by atoms with van der Waals surface area (Å²) in [7, 11) is 2.05. The molecule has 3 aromatic rings. The number of benzene rings is 1. The number of hydrogen-bond donors (Lipinski definition) is 1. The van der Waals surface area contributed by atoms with Gasteiger partial charge in [0, 0.05) is 30.7 Å². The van der Waals surface area contributed by atoms with Crippen molar-refractivity contribution in [3.05, 3.63) is 58.9 Å². The molecular weight excluding hydrogens is 434 g/mol. The van der Waals surface area contributed by atoms with Gasteiger partial charge in [0.1, 0.15) is 5.65 Å². The minimum Gasteiger partial charge on any atom is -0.335 e. The summed E-state index contributed by atoms with van der Waals surface area (Å²) in [6.07, 6.45) is 6.23. The van der Waals surface area contributed by atoms with Crippen LogP contribution in [0.1, 0.15) is 73.5 Å². The molecule has 6 nitrogen and oxygen atoms in total. The van der Waals surface area contributed by atoms with Gasteiger partial charge in [0.05, 0.1) is 23.5 Å². The van der Waals surface area contributed by atoms with Crippen molar-refractivity contribution in [3.63, 3.8) is 0 Å². The Bertz CT molecular complexity index is 1270. The molecule has 184 valence electrons. The maximum Gasteiger partial charge on any atom is 0.255 e. The third-order valence-corrected chi connectivity index (χ3v) is 7.81. The van der Waals surface area contributed by atoms with Crippen molar-refractivity contribution in [2.24, 2.45) is 18.4 Å². The van der Waals surface area contributed by atoms with Crippen LogP contribution in [0.2, 0.25) is 0 Å². The number of fused-ring (bicyclic) bond motifs is 1. The first-order valence-electron chi connectivity index (χ1n) is 12.6. The number of carbonyl (C=O) groups excluding carboxylic acids is 1. The van der Waals surface area contributed by atoms with Crippen LogP contribution in [0.4, 0.5) is 5.69 Å². The van der Waals surface area contributed by atoms with E-state index >= 15 is 0 Å². The summed E-state index contributed by atoms with van der Waals surface area (Å²) in [6.45, 7) is 14.8. The summed E-state index contributed by atoms with van der Waals surface area (Å²) in [5.41, 5.74) is 5.30. The zero-order valence-electron chi connectivity index (χ0n) is 21.9. The zero-order valence-corrected chi connectivity index (χ0v) is 21.9. The van der Waals surface area contributed by atoms with Crippen molar-refractivity contribution in [1.82, 2.24) is 14.5 Å². The third kappa shape index (κ3) is 5.26. The predicted octanol–water partition coefficient (Wildman–Crippen LogP) is 5.87. The molecule has 0 unspecified atom stereocenters. The molecule has 1 atom stereocenters. The smallest absolute Gasteiger partial charge is 0.255 e. The Morgan fingerprint density at radius 2 is 2.00 bits per heavy atom. The van der Waals surface area contributed by atoms with E-state index in [4.69, 9.17) is 10.2 Å². The molecule has 4 rings (SSSR count). The number of rotatable bonds is 5. The van der Waals surface area contributed by atoms with Crippen LogP contribution in [0.5, 0.6) is 0 Å². The molecule has 6 heteroatoms. The van der Waals surface area contributed by atoms with Gasteiger partial charge in [-0.05, 0) is 79.4 Å². The van der Waals surface area contributed by atoms with E-state index in [1.54, 1.807) is 30.5 Å². The van der Waals surface area contributed by atoms with Gasteiger partial charge in [-0.3, -0.25) is 4.79 Å². The number of nitrogens with zero attached hydrogens (tertiary/aromatic N) is 4. The third-order valence-electron chi connectivity index (χ3n) is 7.81. The average Bonchev–Trinajstić information content (AvgIpc) is 3.17. The van der Waals surface area contributed by atoms with E-state index in [0.717, 1.165) is 49.1 Å². The van der Waals surface area contributed by atoms with Gasteiger partial charge in [-0.1, -0.05) is 33.8 Å². The quantitative estimate of drug-likeness (QED) is 0.505. The number of aryl methyl sites for hydroxylation is 2. The number of nitriles is 1. The topological polar surface area (TPSA) is 73.9 Å². The van der Waals surface area contributed by atoms with Crippen molar-refractivity contribution in [2.75, 3.05) is 25.0 Å². The summed E-state index contributed by atoms with van der Waals surface area (Å²) in [6, 6.07) is 8.85. The normalized spacial score (nSPS) is 16.3. The molecule has 0 radical (unpaired) electrons.